The van der Waals surface area contributed by atoms with Crippen LogP contribution in [0.3, 0.4) is 0 Å². The van der Waals surface area contributed by atoms with Crippen molar-refractivity contribution in [1.82, 2.24) is 0 Å². The lowest BCUT2D eigenvalue weighted by atomic mass is 10.1. The fourth-order valence-electron chi connectivity index (χ4n) is 2.36. The lowest BCUT2D eigenvalue weighted by Crippen LogP contribution is -2.14. The molecular formula is C18H15NO5. The van der Waals surface area contributed by atoms with Gasteiger partial charge in [-0.2, -0.15) is 0 Å². The molecule has 0 radical (unpaired) electrons. The van der Waals surface area contributed by atoms with E-state index < -0.39 is 11.7 Å². The zero-order valence-electron chi connectivity index (χ0n) is 12.9. The maximum Gasteiger partial charge on any atom is 0.412 e. The lowest BCUT2D eigenvalue weighted by molar-refractivity contribution is 0.155. The Morgan fingerprint density at radius 2 is 1.96 bits per heavy atom. The summed E-state index contributed by atoms with van der Waals surface area (Å²) in [7, 11) is 0. The minimum absolute atomic E-state index is 0.00589. The van der Waals surface area contributed by atoms with Gasteiger partial charge in [0.25, 0.3) is 0 Å². The molecule has 0 atom stereocenters. The van der Waals surface area contributed by atoms with Crippen LogP contribution < -0.4 is 10.9 Å². The molecule has 0 saturated carbocycles. The van der Waals surface area contributed by atoms with Gasteiger partial charge < -0.3 is 14.3 Å². The van der Waals surface area contributed by atoms with Crippen LogP contribution >= 0.6 is 0 Å². The van der Waals surface area contributed by atoms with Crippen molar-refractivity contribution in [3.8, 4) is 5.75 Å². The molecule has 0 bridgehead atoms. The second kappa shape index (κ2) is 6.45. The number of anilines is 1. The quantitative estimate of drug-likeness (QED) is 0.568. The summed E-state index contributed by atoms with van der Waals surface area (Å²) in [5.41, 5.74) is 1.06. The van der Waals surface area contributed by atoms with Crippen LogP contribution in [0.2, 0.25) is 0 Å². The monoisotopic (exact) mass is 325 g/mol. The molecule has 0 aliphatic rings. The second-order valence-corrected chi connectivity index (χ2v) is 5.27. The number of phenols is 1. The molecule has 1 heterocycles. The van der Waals surface area contributed by atoms with Crippen LogP contribution in [0, 0.1) is 6.92 Å². The number of amides is 1. The van der Waals surface area contributed by atoms with Gasteiger partial charge in [-0.15, -0.1) is 0 Å². The average molecular weight is 325 g/mol. The summed E-state index contributed by atoms with van der Waals surface area (Å²) in [6.45, 7) is 1.83. The number of aryl methyl sites for hydroxylation is 1. The Morgan fingerprint density at radius 1 is 1.21 bits per heavy atom. The van der Waals surface area contributed by atoms with Crippen LogP contribution in [-0.4, -0.2) is 11.2 Å². The first kappa shape index (κ1) is 15.6. The van der Waals surface area contributed by atoms with Gasteiger partial charge in [-0.25, -0.2) is 9.59 Å². The number of fused-ring (bicyclic) bond motifs is 1. The van der Waals surface area contributed by atoms with Gasteiger partial charge in [-0.3, -0.25) is 5.32 Å². The first-order chi connectivity index (χ1) is 11.5. The average Bonchev–Trinajstić information content (AvgIpc) is 2.56. The summed E-state index contributed by atoms with van der Waals surface area (Å²) >= 11 is 0. The van der Waals surface area contributed by atoms with Crippen molar-refractivity contribution < 1.29 is 19.1 Å². The molecule has 3 rings (SSSR count). The van der Waals surface area contributed by atoms with Gasteiger partial charge in [-0.05, 0) is 30.2 Å². The van der Waals surface area contributed by atoms with Crippen LogP contribution in [0.5, 0.6) is 5.75 Å². The van der Waals surface area contributed by atoms with Crippen LogP contribution in [0.25, 0.3) is 11.0 Å². The number of aromatic hydroxyl groups is 1. The van der Waals surface area contributed by atoms with Crippen LogP contribution in [0.4, 0.5) is 10.5 Å². The highest BCUT2D eigenvalue weighted by Crippen LogP contribution is 2.33. The van der Waals surface area contributed by atoms with Gasteiger partial charge in [0.15, 0.2) is 5.58 Å². The fourth-order valence-corrected chi connectivity index (χ4v) is 2.36. The van der Waals surface area contributed by atoms with Gasteiger partial charge in [0.1, 0.15) is 18.0 Å². The van der Waals surface area contributed by atoms with Crippen molar-refractivity contribution in [3.05, 3.63) is 70.1 Å². The standard InChI is InChI=1S/C18H15NO5/c1-11-9-15(21)24-17-13(11)7-8-14(20)16(17)19-18(22)23-10-12-5-3-2-4-6-12/h2-9,20H,10H2,1H3,(H,19,22). The van der Waals surface area contributed by atoms with E-state index in [4.69, 9.17) is 9.15 Å². The number of ether oxygens (including phenoxy) is 1. The summed E-state index contributed by atoms with van der Waals surface area (Å²) < 4.78 is 10.2. The third kappa shape index (κ3) is 3.22. The summed E-state index contributed by atoms with van der Waals surface area (Å²) in [6, 6.07) is 13.6. The maximum atomic E-state index is 12.0. The predicted octanol–water partition coefficient (Wildman–Crippen LogP) is 3.56. The number of rotatable bonds is 3. The van der Waals surface area contributed by atoms with Gasteiger partial charge >= 0.3 is 11.7 Å². The molecule has 122 valence electrons. The van der Waals surface area contributed by atoms with E-state index in [0.29, 0.717) is 10.9 Å². The molecule has 1 aromatic heterocycles. The zero-order chi connectivity index (χ0) is 17.1. The Balaban J connectivity index is 1.85. The summed E-state index contributed by atoms with van der Waals surface area (Å²) in [4.78, 5) is 23.6. The van der Waals surface area contributed by atoms with Crippen molar-refractivity contribution in [3.63, 3.8) is 0 Å². The molecule has 24 heavy (non-hydrogen) atoms. The topological polar surface area (TPSA) is 88.8 Å². The Hall–Kier alpha value is -3.28. The summed E-state index contributed by atoms with van der Waals surface area (Å²) in [5, 5.41) is 13.0. The minimum Gasteiger partial charge on any atom is -0.506 e. The predicted molar refractivity (Wildman–Crippen MR) is 89.1 cm³/mol. The SMILES string of the molecule is Cc1cc(=O)oc2c(NC(=O)OCc3ccccc3)c(O)ccc12. The zero-order valence-corrected chi connectivity index (χ0v) is 12.9. The molecule has 0 unspecified atom stereocenters. The molecule has 6 heteroatoms. The Labute approximate surface area is 137 Å². The molecule has 2 N–H and O–H groups in total. The molecule has 2 aromatic carbocycles. The molecule has 0 fully saturated rings. The highest BCUT2D eigenvalue weighted by molar-refractivity contribution is 6.00. The van der Waals surface area contributed by atoms with E-state index in [-0.39, 0.29) is 23.6 Å². The number of hydrogen-bond acceptors (Lipinski definition) is 5. The maximum absolute atomic E-state index is 12.0. The number of carbonyl (C=O) groups is 1. The third-order valence-electron chi connectivity index (χ3n) is 3.54. The van der Waals surface area contributed by atoms with Crippen molar-refractivity contribution in [2.24, 2.45) is 0 Å². The third-order valence-corrected chi connectivity index (χ3v) is 3.54. The molecule has 0 saturated heterocycles. The lowest BCUT2D eigenvalue weighted by Gasteiger charge is -2.11. The van der Waals surface area contributed by atoms with Gasteiger partial charge in [0.2, 0.25) is 0 Å². The number of hydrogen-bond donors (Lipinski definition) is 2. The first-order valence-corrected chi connectivity index (χ1v) is 7.29. The van der Waals surface area contributed by atoms with E-state index in [0.717, 1.165) is 5.56 Å². The molecule has 0 spiro atoms. The summed E-state index contributed by atoms with van der Waals surface area (Å²) in [5.74, 6) is -0.215. The van der Waals surface area contributed by atoms with E-state index in [2.05, 4.69) is 5.32 Å². The van der Waals surface area contributed by atoms with Crippen LogP contribution in [0.15, 0.2) is 57.7 Å². The molecule has 3 aromatic rings. The van der Waals surface area contributed by atoms with Crippen molar-refractivity contribution in [2.75, 3.05) is 5.32 Å². The van der Waals surface area contributed by atoms with Crippen molar-refractivity contribution in [2.45, 2.75) is 13.5 Å². The Kier molecular flexibility index (Phi) is 4.20. The molecule has 0 aliphatic heterocycles. The van der Waals surface area contributed by atoms with Crippen LogP contribution in [0.1, 0.15) is 11.1 Å². The van der Waals surface area contributed by atoms with Gasteiger partial charge in [0, 0.05) is 11.5 Å². The molecule has 1 amide bonds. The normalized spacial score (nSPS) is 10.5. The van der Waals surface area contributed by atoms with E-state index >= 15 is 0 Å². The van der Waals surface area contributed by atoms with Crippen molar-refractivity contribution >= 4 is 22.7 Å². The number of carbonyl (C=O) groups excluding carboxylic acids is 1. The number of nitrogens with one attached hydrogen (secondary N) is 1. The number of phenolic OH excluding ortho intramolecular Hbond substituents is 1. The van der Waals surface area contributed by atoms with Gasteiger partial charge in [0.05, 0.1) is 0 Å². The van der Waals surface area contributed by atoms with Crippen molar-refractivity contribution in [1.29, 1.82) is 0 Å². The smallest absolute Gasteiger partial charge is 0.412 e. The Bertz CT molecular complexity index is 947. The van der Waals surface area contributed by atoms with Gasteiger partial charge in [-0.1, -0.05) is 30.3 Å². The molecule has 0 aliphatic carbocycles. The van der Waals surface area contributed by atoms with E-state index in [1.807, 2.05) is 30.3 Å². The minimum atomic E-state index is -0.759. The largest absolute Gasteiger partial charge is 0.506 e. The molecular weight excluding hydrogens is 310 g/mol. The highest BCUT2D eigenvalue weighted by atomic mass is 16.5. The van der Waals surface area contributed by atoms with Crippen LogP contribution in [-0.2, 0) is 11.3 Å². The number of benzene rings is 2. The molecule has 6 nitrogen and oxygen atoms in total. The second-order valence-electron chi connectivity index (χ2n) is 5.27. The van der Waals surface area contributed by atoms with E-state index in [1.54, 1.807) is 13.0 Å². The highest BCUT2D eigenvalue weighted by Gasteiger charge is 2.15. The fraction of sp³-hybridized carbons (Fsp3) is 0.111. The van der Waals surface area contributed by atoms with E-state index in [9.17, 15) is 14.7 Å². The Morgan fingerprint density at radius 3 is 2.71 bits per heavy atom. The first-order valence-electron chi connectivity index (χ1n) is 7.29. The summed E-state index contributed by atoms with van der Waals surface area (Å²) in [6.07, 6.45) is -0.759. The van der Waals surface area contributed by atoms with E-state index in [1.165, 1.54) is 12.1 Å².